The second kappa shape index (κ2) is 8.21. The number of likely N-dealkylation sites (tertiary alicyclic amines) is 1. The smallest absolute Gasteiger partial charge is 0.223 e. The number of amides is 1. The summed E-state index contributed by atoms with van der Waals surface area (Å²) in [6, 6.07) is 12.4. The van der Waals surface area contributed by atoms with Crippen LogP contribution < -0.4 is 9.47 Å². The summed E-state index contributed by atoms with van der Waals surface area (Å²) in [6.45, 7) is 1.07. The maximum atomic E-state index is 13.4. The first-order valence-corrected chi connectivity index (χ1v) is 9.99. The Balaban J connectivity index is 1.48. The van der Waals surface area contributed by atoms with Gasteiger partial charge in [-0.15, -0.1) is 0 Å². The zero-order valence-electron chi connectivity index (χ0n) is 16.2. The zero-order chi connectivity index (χ0) is 19.5. The van der Waals surface area contributed by atoms with Crippen molar-refractivity contribution in [2.45, 2.75) is 50.7 Å². The molecule has 2 aliphatic rings. The molecule has 0 spiro atoms. The maximum absolute atomic E-state index is 13.4. The first-order valence-electron chi connectivity index (χ1n) is 9.99. The Morgan fingerprint density at radius 1 is 1.11 bits per heavy atom. The highest BCUT2D eigenvalue weighted by atomic mass is 19.1. The van der Waals surface area contributed by atoms with Crippen LogP contribution in [0.25, 0.3) is 0 Å². The van der Waals surface area contributed by atoms with E-state index >= 15 is 0 Å². The molecule has 0 unspecified atom stereocenters. The average Bonchev–Trinajstić information content (AvgIpc) is 3.32. The standard InChI is InChI=1S/C23H26FNO3/c1-27-21-10-9-17(12-22(21)28-20-7-2-3-8-20)18-13-23(26)25(15-18)14-16-5-4-6-19(24)11-16/h4-6,9-12,18,20H,2-3,7-8,13-15H2,1H3/t18-/m1/s1. The fourth-order valence-corrected chi connectivity index (χ4v) is 4.23. The van der Waals surface area contributed by atoms with E-state index in [1.165, 1.54) is 25.0 Å². The van der Waals surface area contributed by atoms with E-state index in [-0.39, 0.29) is 23.7 Å². The van der Waals surface area contributed by atoms with E-state index in [0.717, 1.165) is 35.5 Å². The van der Waals surface area contributed by atoms with Gasteiger partial charge in [-0.2, -0.15) is 0 Å². The third-order valence-corrected chi connectivity index (χ3v) is 5.73. The fourth-order valence-electron chi connectivity index (χ4n) is 4.23. The molecule has 1 amide bonds. The minimum atomic E-state index is -0.274. The van der Waals surface area contributed by atoms with Crippen LogP contribution in [0.3, 0.4) is 0 Å². The van der Waals surface area contributed by atoms with Crippen LogP contribution in [0.15, 0.2) is 42.5 Å². The Labute approximate surface area is 165 Å². The van der Waals surface area contributed by atoms with Gasteiger partial charge in [-0.3, -0.25) is 4.79 Å². The molecule has 0 aromatic heterocycles. The molecular formula is C23H26FNO3. The number of carbonyl (C=O) groups excluding carboxylic acids is 1. The van der Waals surface area contributed by atoms with Gasteiger partial charge in [0.2, 0.25) is 5.91 Å². The van der Waals surface area contributed by atoms with Crippen LogP contribution in [-0.2, 0) is 11.3 Å². The van der Waals surface area contributed by atoms with Crippen LogP contribution in [0.2, 0.25) is 0 Å². The number of nitrogens with zero attached hydrogens (tertiary/aromatic N) is 1. The number of benzene rings is 2. The van der Waals surface area contributed by atoms with Crippen molar-refractivity contribution in [2.75, 3.05) is 13.7 Å². The average molecular weight is 383 g/mol. The number of hydrogen-bond donors (Lipinski definition) is 0. The topological polar surface area (TPSA) is 38.8 Å². The highest BCUT2D eigenvalue weighted by molar-refractivity contribution is 5.79. The Kier molecular flexibility index (Phi) is 5.51. The molecule has 1 aliphatic heterocycles. The van der Waals surface area contributed by atoms with Crippen molar-refractivity contribution in [3.8, 4) is 11.5 Å². The van der Waals surface area contributed by atoms with Crippen molar-refractivity contribution >= 4 is 5.91 Å². The Bertz CT molecular complexity index is 847. The lowest BCUT2D eigenvalue weighted by Gasteiger charge is -2.19. The summed E-state index contributed by atoms with van der Waals surface area (Å²) in [4.78, 5) is 14.3. The van der Waals surface area contributed by atoms with Gasteiger partial charge in [-0.25, -0.2) is 4.39 Å². The zero-order valence-corrected chi connectivity index (χ0v) is 16.2. The summed E-state index contributed by atoms with van der Waals surface area (Å²) in [5.74, 6) is 1.44. The third-order valence-electron chi connectivity index (χ3n) is 5.73. The second-order valence-electron chi connectivity index (χ2n) is 7.74. The van der Waals surface area contributed by atoms with Crippen molar-refractivity contribution in [2.24, 2.45) is 0 Å². The first-order chi connectivity index (χ1) is 13.6. The summed E-state index contributed by atoms with van der Waals surface area (Å²) >= 11 is 0. The number of methoxy groups -OCH3 is 1. The van der Waals surface area contributed by atoms with Crippen LogP contribution >= 0.6 is 0 Å². The molecule has 2 fully saturated rings. The number of rotatable bonds is 6. The van der Waals surface area contributed by atoms with Crippen molar-refractivity contribution in [1.29, 1.82) is 0 Å². The molecule has 1 saturated heterocycles. The quantitative estimate of drug-likeness (QED) is 0.728. The van der Waals surface area contributed by atoms with Gasteiger partial charge < -0.3 is 14.4 Å². The summed E-state index contributed by atoms with van der Waals surface area (Å²) in [6.07, 6.45) is 5.29. The van der Waals surface area contributed by atoms with Crippen LogP contribution in [-0.4, -0.2) is 30.6 Å². The lowest BCUT2D eigenvalue weighted by Crippen LogP contribution is -2.24. The van der Waals surface area contributed by atoms with Gasteiger partial charge in [-0.05, 0) is 61.1 Å². The van der Waals surface area contributed by atoms with Gasteiger partial charge >= 0.3 is 0 Å². The molecule has 2 aromatic rings. The number of halogens is 1. The summed E-state index contributed by atoms with van der Waals surface area (Å²) in [7, 11) is 1.65. The Hall–Kier alpha value is -2.56. The van der Waals surface area contributed by atoms with Crippen molar-refractivity contribution in [3.63, 3.8) is 0 Å². The number of ether oxygens (including phenoxy) is 2. The molecule has 0 N–H and O–H groups in total. The van der Waals surface area contributed by atoms with Gasteiger partial charge in [0.1, 0.15) is 5.82 Å². The maximum Gasteiger partial charge on any atom is 0.223 e. The predicted molar refractivity (Wildman–Crippen MR) is 105 cm³/mol. The molecule has 5 heteroatoms. The van der Waals surface area contributed by atoms with Crippen molar-refractivity contribution in [1.82, 2.24) is 4.90 Å². The van der Waals surface area contributed by atoms with Gasteiger partial charge in [-0.1, -0.05) is 18.2 Å². The first kappa shape index (κ1) is 18.8. The monoisotopic (exact) mass is 383 g/mol. The normalized spacial score (nSPS) is 20.0. The van der Waals surface area contributed by atoms with E-state index in [4.69, 9.17) is 9.47 Å². The van der Waals surface area contributed by atoms with E-state index in [1.54, 1.807) is 18.1 Å². The molecule has 28 heavy (non-hydrogen) atoms. The number of carbonyl (C=O) groups is 1. The van der Waals surface area contributed by atoms with Gasteiger partial charge in [0.15, 0.2) is 11.5 Å². The molecule has 0 radical (unpaired) electrons. The van der Waals surface area contributed by atoms with E-state index < -0.39 is 0 Å². The lowest BCUT2D eigenvalue weighted by molar-refractivity contribution is -0.128. The molecule has 0 bridgehead atoms. The van der Waals surface area contributed by atoms with E-state index in [0.29, 0.717) is 19.5 Å². The van der Waals surface area contributed by atoms with Crippen molar-refractivity contribution < 1.29 is 18.7 Å². The Morgan fingerprint density at radius 3 is 2.68 bits per heavy atom. The SMILES string of the molecule is COc1ccc([C@@H]2CC(=O)N(Cc3cccc(F)c3)C2)cc1OC1CCCC1. The molecule has 1 saturated carbocycles. The summed E-state index contributed by atoms with van der Waals surface area (Å²) in [5, 5.41) is 0. The molecule has 4 nitrogen and oxygen atoms in total. The summed E-state index contributed by atoms with van der Waals surface area (Å²) in [5.41, 5.74) is 1.90. The Morgan fingerprint density at radius 2 is 1.93 bits per heavy atom. The van der Waals surface area contributed by atoms with E-state index in [1.807, 2.05) is 24.3 Å². The number of hydrogen-bond acceptors (Lipinski definition) is 3. The van der Waals surface area contributed by atoms with Crippen LogP contribution in [0.4, 0.5) is 4.39 Å². The van der Waals surface area contributed by atoms with E-state index in [9.17, 15) is 9.18 Å². The highest BCUT2D eigenvalue weighted by Gasteiger charge is 2.31. The van der Waals surface area contributed by atoms with E-state index in [2.05, 4.69) is 0 Å². The predicted octanol–water partition coefficient (Wildman–Crippen LogP) is 4.67. The highest BCUT2D eigenvalue weighted by Crippen LogP contribution is 2.37. The van der Waals surface area contributed by atoms with Gasteiger partial charge in [0, 0.05) is 25.4 Å². The van der Waals surface area contributed by atoms with Crippen LogP contribution in [0, 0.1) is 5.82 Å². The molecule has 1 aliphatic carbocycles. The molecule has 4 rings (SSSR count). The third kappa shape index (κ3) is 4.13. The second-order valence-corrected chi connectivity index (χ2v) is 7.74. The molecule has 2 aromatic carbocycles. The minimum absolute atomic E-state index is 0.100. The fraction of sp³-hybridized carbons (Fsp3) is 0.435. The molecule has 1 heterocycles. The largest absolute Gasteiger partial charge is 0.493 e. The lowest BCUT2D eigenvalue weighted by atomic mass is 9.98. The van der Waals surface area contributed by atoms with Crippen LogP contribution in [0.5, 0.6) is 11.5 Å². The minimum Gasteiger partial charge on any atom is -0.493 e. The molecule has 148 valence electrons. The van der Waals surface area contributed by atoms with Crippen LogP contribution in [0.1, 0.15) is 49.1 Å². The molecular weight excluding hydrogens is 357 g/mol. The summed E-state index contributed by atoms with van der Waals surface area (Å²) < 4.78 is 25.1. The van der Waals surface area contributed by atoms with Gasteiger partial charge in [0.25, 0.3) is 0 Å². The van der Waals surface area contributed by atoms with Crippen molar-refractivity contribution in [3.05, 3.63) is 59.4 Å². The van der Waals surface area contributed by atoms with Gasteiger partial charge in [0.05, 0.1) is 13.2 Å². The molecule has 1 atom stereocenters.